The highest BCUT2D eigenvalue weighted by Crippen LogP contribution is 2.41. The molecule has 4 atom stereocenters. The van der Waals surface area contributed by atoms with Gasteiger partial charge < -0.3 is 15.2 Å². The zero-order chi connectivity index (χ0) is 25.6. The maximum Gasteiger partial charge on any atom is 0.223 e. The molecular weight excluding hydrogens is 460 g/mol. The summed E-state index contributed by atoms with van der Waals surface area (Å²) in [5.41, 5.74) is 9.33. The fourth-order valence-electron chi connectivity index (χ4n) is 6.67. The predicted molar refractivity (Wildman–Crippen MR) is 144 cm³/mol. The number of nitrogens with two attached hydrogens (primary N) is 1. The van der Waals surface area contributed by atoms with Gasteiger partial charge in [-0.1, -0.05) is 60.7 Å². The van der Waals surface area contributed by atoms with Gasteiger partial charge in [0.2, 0.25) is 11.8 Å². The minimum Gasteiger partial charge on any atom is -0.370 e. The van der Waals surface area contributed by atoms with Crippen LogP contribution in [-0.2, 0) is 29.1 Å². The fourth-order valence-corrected chi connectivity index (χ4v) is 6.67. The van der Waals surface area contributed by atoms with Crippen molar-refractivity contribution in [2.45, 2.75) is 70.5 Å². The predicted octanol–water partition coefficient (Wildman–Crippen LogP) is 4.96. The summed E-state index contributed by atoms with van der Waals surface area (Å²) in [5.74, 6) is 1.34. The Morgan fingerprint density at radius 3 is 2.24 bits per heavy atom. The van der Waals surface area contributed by atoms with Crippen LogP contribution in [0, 0.1) is 17.8 Å². The number of hydrogen-bond donors (Lipinski definition) is 1. The molecule has 2 N–H and O–H groups in total. The van der Waals surface area contributed by atoms with Crippen LogP contribution in [0.25, 0.3) is 0 Å². The Kier molecular flexibility index (Phi) is 8.02. The van der Waals surface area contributed by atoms with E-state index < -0.39 is 0 Å². The molecular formula is C31H38N4O2. The van der Waals surface area contributed by atoms with Gasteiger partial charge in [0.15, 0.2) is 0 Å². The molecule has 6 heteroatoms. The van der Waals surface area contributed by atoms with Crippen molar-refractivity contribution >= 4 is 11.8 Å². The molecule has 1 saturated heterocycles. The highest BCUT2D eigenvalue weighted by atomic mass is 16.2. The summed E-state index contributed by atoms with van der Waals surface area (Å²) in [4.78, 5) is 31.2. The van der Waals surface area contributed by atoms with Crippen molar-refractivity contribution in [2.75, 3.05) is 0 Å². The molecule has 2 aliphatic rings. The molecule has 0 unspecified atom stereocenters. The number of benzene rings is 2. The van der Waals surface area contributed by atoms with Crippen LogP contribution >= 0.6 is 0 Å². The largest absolute Gasteiger partial charge is 0.370 e. The highest BCUT2D eigenvalue weighted by molar-refractivity contribution is 5.78. The molecule has 1 saturated carbocycles. The van der Waals surface area contributed by atoms with Crippen molar-refractivity contribution in [1.82, 2.24) is 14.5 Å². The molecule has 1 aromatic heterocycles. The van der Waals surface area contributed by atoms with Gasteiger partial charge in [-0.2, -0.15) is 0 Å². The molecule has 2 fully saturated rings. The second-order valence-electron chi connectivity index (χ2n) is 11.1. The van der Waals surface area contributed by atoms with Crippen LogP contribution in [0.15, 0.2) is 73.2 Å². The molecule has 5 rings (SSSR count). The molecule has 37 heavy (non-hydrogen) atoms. The van der Waals surface area contributed by atoms with E-state index in [1.807, 2.05) is 36.8 Å². The summed E-state index contributed by atoms with van der Waals surface area (Å²) in [6.07, 6.45) is 11.1. The molecule has 1 aliphatic carbocycles. The van der Waals surface area contributed by atoms with Crippen molar-refractivity contribution in [2.24, 2.45) is 23.5 Å². The van der Waals surface area contributed by atoms with E-state index >= 15 is 0 Å². The number of carbonyl (C=O) groups excluding carboxylic acids is 2. The van der Waals surface area contributed by atoms with Gasteiger partial charge in [0.1, 0.15) is 0 Å². The van der Waals surface area contributed by atoms with Gasteiger partial charge >= 0.3 is 0 Å². The first kappa shape index (κ1) is 25.2. The normalized spacial score (nSPS) is 23.9. The van der Waals surface area contributed by atoms with Crippen LogP contribution in [0.2, 0.25) is 0 Å². The number of aromatic nitrogens is 2. The summed E-state index contributed by atoms with van der Waals surface area (Å²) in [6, 6.07) is 21.0. The Balaban J connectivity index is 1.27. The van der Waals surface area contributed by atoms with E-state index in [-0.39, 0.29) is 17.9 Å². The van der Waals surface area contributed by atoms with E-state index in [1.54, 1.807) is 0 Å². The number of carbonyl (C=O) groups is 2. The van der Waals surface area contributed by atoms with Crippen molar-refractivity contribution < 1.29 is 9.59 Å². The van der Waals surface area contributed by atoms with Crippen LogP contribution in [0.3, 0.4) is 0 Å². The lowest BCUT2D eigenvalue weighted by atomic mass is 9.70. The molecule has 194 valence electrons. The SMILES string of the molecule is NC(=O)C[C@@H]1C[C@@H](Cc2cncn2Cc2ccccc2)C[C@H](C[C@@H]2CCC(=O)N2Cc2ccccc2)C1. The zero-order valence-electron chi connectivity index (χ0n) is 21.5. The van der Waals surface area contributed by atoms with Crippen LogP contribution in [-0.4, -0.2) is 32.3 Å². The van der Waals surface area contributed by atoms with Gasteiger partial charge in [-0.3, -0.25) is 9.59 Å². The van der Waals surface area contributed by atoms with Crippen LogP contribution in [0.4, 0.5) is 0 Å². The monoisotopic (exact) mass is 498 g/mol. The molecule has 0 radical (unpaired) electrons. The van der Waals surface area contributed by atoms with Gasteiger partial charge in [0.25, 0.3) is 0 Å². The third-order valence-electron chi connectivity index (χ3n) is 8.24. The minimum atomic E-state index is -0.208. The van der Waals surface area contributed by atoms with Crippen molar-refractivity contribution in [3.63, 3.8) is 0 Å². The van der Waals surface area contributed by atoms with E-state index in [0.29, 0.717) is 37.1 Å². The van der Waals surface area contributed by atoms with Gasteiger partial charge in [-0.25, -0.2) is 4.98 Å². The van der Waals surface area contributed by atoms with Gasteiger partial charge in [-0.05, 0) is 67.4 Å². The van der Waals surface area contributed by atoms with Gasteiger partial charge in [-0.15, -0.1) is 0 Å². The maximum absolute atomic E-state index is 12.8. The minimum absolute atomic E-state index is 0.208. The van der Waals surface area contributed by atoms with Crippen LogP contribution in [0.5, 0.6) is 0 Å². The lowest BCUT2D eigenvalue weighted by molar-refractivity contribution is -0.129. The molecule has 2 amide bonds. The first-order chi connectivity index (χ1) is 18.0. The van der Waals surface area contributed by atoms with Crippen LogP contribution < -0.4 is 5.73 Å². The smallest absolute Gasteiger partial charge is 0.223 e. The summed E-state index contributed by atoms with van der Waals surface area (Å²) in [5, 5.41) is 0. The number of amides is 2. The second kappa shape index (κ2) is 11.8. The van der Waals surface area contributed by atoms with E-state index in [0.717, 1.165) is 45.1 Å². The number of primary amides is 1. The fraction of sp³-hybridized carbons (Fsp3) is 0.452. The number of likely N-dealkylation sites (tertiary alicyclic amines) is 1. The van der Waals surface area contributed by atoms with E-state index in [4.69, 9.17) is 5.73 Å². The zero-order valence-corrected chi connectivity index (χ0v) is 21.5. The van der Waals surface area contributed by atoms with Crippen molar-refractivity contribution in [1.29, 1.82) is 0 Å². The standard InChI is InChI=1S/C31H38N4O2/c32-30(36)18-27-14-25(16-28-11-12-31(37)35(28)21-24-9-5-2-6-10-24)13-26(15-27)17-29-19-33-22-34(29)20-23-7-3-1-4-8-23/h1-10,19,22,25-28H,11-18,20-21H2,(H2,32,36)/t25-,26-,27-,28-/m0/s1. The number of nitrogens with zero attached hydrogens (tertiary/aromatic N) is 3. The highest BCUT2D eigenvalue weighted by Gasteiger charge is 2.36. The third kappa shape index (κ3) is 6.68. The van der Waals surface area contributed by atoms with E-state index in [9.17, 15) is 9.59 Å². The van der Waals surface area contributed by atoms with Crippen molar-refractivity contribution in [3.8, 4) is 0 Å². The Bertz CT molecular complexity index is 1180. The molecule has 0 spiro atoms. The second-order valence-corrected chi connectivity index (χ2v) is 11.1. The first-order valence-corrected chi connectivity index (χ1v) is 13.7. The molecule has 3 aromatic rings. The molecule has 6 nitrogen and oxygen atoms in total. The number of hydrogen-bond acceptors (Lipinski definition) is 3. The summed E-state index contributed by atoms with van der Waals surface area (Å²) >= 11 is 0. The summed E-state index contributed by atoms with van der Waals surface area (Å²) in [7, 11) is 0. The maximum atomic E-state index is 12.8. The Labute approximate surface area is 219 Å². The first-order valence-electron chi connectivity index (χ1n) is 13.7. The average molecular weight is 499 g/mol. The number of imidazole rings is 1. The Morgan fingerprint density at radius 1 is 0.892 bits per heavy atom. The molecule has 2 heterocycles. The Morgan fingerprint density at radius 2 is 1.54 bits per heavy atom. The molecule has 0 bridgehead atoms. The number of rotatable bonds is 10. The lowest BCUT2D eigenvalue weighted by Crippen LogP contribution is -2.36. The summed E-state index contributed by atoms with van der Waals surface area (Å²) in [6.45, 7) is 1.50. The average Bonchev–Trinajstić information content (AvgIpc) is 3.46. The topological polar surface area (TPSA) is 81.2 Å². The Hall–Kier alpha value is -3.41. The third-order valence-corrected chi connectivity index (χ3v) is 8.24. The van der Waals surface area contributed by atoms with Gasteiger partial charge in [0.05, 0.1) is 6.33 Å². The molecule has 1 aliphatic heterocycles. The lowest BCUT2D eigenvalue weighted by Gasteiger charge is -2.37. The summed E-state index contributed by atoms with van der Waals surface area (Å²) < 4.78 is 2.25. The van der Waals surface area contributed by atoms with Crippen LogP contribution in [0.1, 0.15) is 61.8 Å². The quantitative estimate of drug-likeness (QED) is 0.429. The van der Waals surface area contributed by atoms with E-state index in [2.05, 4.69) is 50.8 Å². The van der Waals surface area contributed by atoms with Gasteiger partial charge in [0, 0.05) is 43.9 Å². The molecule has 2 aromatic carbocycles. The van der Waals surface area contributed by atoms with Crippen molar-refractivity contribution in [3.05, 3.63) is 90.0 Å². The van der Waals surface area contributed by atoms with E-state index in [1.165, 1.54) is 16.8 Å².